The van der Waals surface area contributed by atoms with Gasteiger partial charge >= 0.3 is 6.01 Å². The smallest absolute Gasteiger partial charge is 0.318 e. The highest BCUT2D eigenvalue weighted by Gasteiger charge is 2.24. The Labute approximate surface area is 140 Å². The Morgan fingerprint density at radius 1 is 1.30 bits per heavy atom. The van der Waals surface area contributed by atoms with Gasteiger partial charge in [-0.25, -0.2) is 0 Å². The molecule has 2 aromatic heterocycles. The maximum Gasteiger partial charge on any atom is 0.318 e. The monoisotopic (exact) mass is 334 g/mol. The van der Waals surface area contributed by atoms with Crippen molar-refractivity contribution in [2.45, 2.75) is 32.6 Å². The fourth-order valence-electron chi connectivity index (χ4n) is 2.58. The van der Waals surface area contributed by atoms with Crippen molar-refractivity contribution in [2.24, 2.45) is 0 Å². The maximum atomic E-state index is 12.3. The van der Waals surface area contributed by atoms with E-state index in [1.807, 2.05) is 30.2 Å². The lowest BCUT2D eigenvalue weighted by atomic mass is 10.2. The summed E-state index contributed by atoms with van der Waals surface area (Å²) in [6, 6.07) is 4.68. The van der Waals surface area contributed by atoms with Crippen molar-refractivity contribution in [2.75, 3.05) is 31.1 Å². The Hall–Kier alpha value is -1.89. The number of anilines is 1. The van der Waals surface area contributed by atoms with Crippen LogP contribution in [0.25, 0.3) is 0 Å². The summed E-state index contributed by atoms with van der Waals surface area (Å²) in [5, 5.41) is 10.2. The zero-order chi connectivity index (χ0) is 16.2. The molecule has 0 radical (unpaired) electrons. The summed E-state index contributed by atoms with van der Waals surface area (Å²) in [5.74, 6) is 1.12. The molecule has 23 heavy (non-hydrogen) atoms. The van der Waals surface area contributed by atoms with Crippen LogP contribution in [0, 0.1) is 0 Å². The molecule has 0 spiro atoms. The van der Waals surface area contributed by atoms with E-state index in [9.17, 15) is 4.79 Å². The summed E-state index contributed by atoms with van der Waals surface area (Å²) >= 11 is 1.71. The van der Waals surface area contributed by atoms with E-state index in [1.54, 1.807) is 11.3 Å². The molecule has 0 N–H and O–H groups in total. The Morgan fingerprint density at radius 3 is 2.70 bits per heavy atom. The van der Waals surface area contributed by atoms with Crippen LogP contribution in [0.3, 0.4) is 0 Å². The van der Waals surface area contributed by atoms with Crippen molar-refractivity contribution >= 4 is 23.3 Å². The average molecular weight is 334 g/mol. The van der Waals surface area contributed by atoms with E-state index in [0.717, 1.165) is 19.5 Å². The summed E-state index contributed by atoms with van der Waals surface area (Å²) in [7, 11) is 0. The van der Waals surface area contributed by atoms with Gasteiger partial charge in [-0.05, 0) is 17.9 Å². The van der Waals surface area contributed by atoms with Gasteiger partial charge in [-0.3, -0.25) is 4.79 Å². The number of carbonyl (C=O) groups is 1. The first-order chi connectivity index (χ1) is 11.1. The number of nitrogens with zero attached hydrogens (tertiary/aromatic N) is 4. The summed E-state index contributed by atoms with van der Waals surface area (Å²) in [6.45, 7) is 6.96. The van der Waals surface area contributed by atoms with E-state index in [2.05, 4.69) is 21.2 Å². The standard InChI is InChI=1S/C16H22N4O2S/c1-12(2)15-17-18-16(22-15)20-9-7-19(8-10-20)14(21)6-5-13-4-3-11-23-13/h3-4,11-12H,5-10H2,1-2H3. The van der Waals surface area contributed by atoms with Crippen molar-refractivity contribution in [3.05, 3.63) is 28.3 Å². The van der Waals surface area contributed by atoms with Crippen LogP contribution >= 0.6 is 11.3 Å². The van der Waals surface area contributed by atoms with E-state index < -0.39 is 0 Å². The molecule has 124 valence electrons. The highest BCUT2D eigenvalue weighted by molar-refractivity contribution is 7.09. The van der Waals surface area contributed by atoms with Gasteiger partial charge in [0.2, 0.25) is 11.8 Å². The molecule has 3 heterocycles. The van der Waals surface area contributed by atoms with Gasteiger partial charge in [0.15, 0.2) is 0 Å². The molecular formula is C16H22N4O2S. The predicted molar refractivity (Wildman–Crippen MR) is 89.8 cm³/mol. The van der Waals surface area contributed by atoms with E-state index in [0.29, 0.717) is 31.4 Å². The molecule has 0 unspecified atom stereocenters. The Kier molecular flexibility index (Phi) is 4.95. The van der Waals surface area contributed by atoms with Crippen LogP contribution in [0.1, 0.15) is 37.0 Å². The van der Waals surface area contributed by atoms with E-state index >= 15 is 0 Å². The zero-order valence-corrected chi connectivity index (χ0v) is 14.4. The molecule has 0 aliphatic carbocycles. The summed E-state index contributed by atoms with van der Waals surface area (Å²) in [6.07, 6.45) is 1.41. The minimum atomic E-state index is 0.228. The molecule has 6 nitrogen and oxygen atoms in total. The lowest BCUT2D eigenvalue weighted by molar-refractivity contribution is -0.131. The number of hydrogen-bond donors (Lipinski definition) is 0. The van der Waals surface area contributed by atoms with Crippen LogP contribution < -0.4 is 4.90 Å². The lowest BCUT2D eigenvalue weighted by Crippen LogP contribution is -2.49. The number of aryl methyl sites for hydroxylation is 1. The third kappa shape index (κ3) is 3.90. The van der Waals surface area contributed by atoms with Gasteiger partial charge in [-0.15, -0.1) is 16.4 Å². The quantitative estimate of drug-likeness (QED) is 0.841. The van der Waals surface area contributed by atoms with Crippen LogP contribution in [0.2, 0.25) is 0 Å². The molecule has 7 heteroatoms. The van der Waals surface area contributed by atoms with Crippen molar-refractivity contribution in [3.63, 3.8) is 0 Å². The first-order valence-corrected chi connectivity index (χ1v) is 8.90. The summed E-state index contributed by atoms with van der Waals surface area (Å²) < 4.78 is 5.68. The van der Waals surface area contributed by atoms with Crippen LogP contribution in [0.15, 0.2) is 21.9 Å². The first kappa shape index (κ1) is 16.0. The fourth-order valence-corrected chi connectivity index (χ4v) is 3.29. The highest BCUT2D eigenvalue weighted by atomic mass is 32.1. The number of carbonyl (C=O) groups excluding carboxylic acids is 1. The lowest BCUT2D eigenvalue weighted by Gasteiger charge is -2.33. The number of rotatable bonds is 5. The van der Waals surface area contributed by atoms with Crippen molar-refractivity contribution in [1.82, 2.24) is 15.1 Å². The Bertz CT molecular complexity index is 630. The SMILES string of the molecule is CC(C)c1nnc(N2CCN(C(=O)CCc3cccs3)CC2)o1. The second kappa shape index (κ2) is 7.12. The molecule has 1 fully saturated rings. The summed E-state index contributed by atoms with van der Waals surface area (Å²) in [4.78, 5) is 17.6. The van der Waals surface area contributed by atoms with Crippen LogP contribution in [-0.4, -0.2) is 47.2 Å². The minimum absolute atomic E-state index is 0.228. The molecule has 1 amide bonds. The second-order valence-corrected chi connectivity index (χ2v) is 7.06. The second-order valence-electron chi connectivity index (χ2n) is 6.02. The minimum Gasteiger partial charge on any atom is -0.408 e. The van der Waals surface area contributed by atoms with Crippen molar-refractivity contribution in [1.29, 1.82) is 0 Å². The molecule has 0 aromatic carbocycles. The van der Waals surface area contributed by atoms with Crippen molar-refractivity contribution < 1.29 is 9.21 Å². The molecule has 1 saturated heterocycles. The van der Waals surface area contributed by atoms with Gasteiger partial charge in [-0.2, -0.15) is 0 Å². The van der Waals surface area contributed by atoms with Crippen LogP contribution in [0.5, 0.6) is 0 Å². The normalized spacial score (nSPS) is 15.4. The number of aromatic nitrogens is 2. The topological polar surface area (TPSA) is 62.5 Å². The molecule has 1 aliphatic rings. The molecular weight excluding hydrogens is 312 g/mol. The highest BCUT2D eigenvalue weighted by Crippen LogP contribution is 2.20. The largest absolute Gasteiger partial charge is 0.408 e. The van der Waals surface area contributed by atoms with Gasteiger partial charge in [0.1, 0.15) is 0 Å². The Morgan fingerprint density at radius 2 is 2.09 bits per heavy atom. The van der Waals surface area contributed by atoms with Gasteiger partial charge < -0.3 is 14.2 Å². The van der Waals surface area contributed by atoms with Gasteiger partial charge in [0.05, 0.1) is 0 Å². The number of hydrogen-bond acceptors (Lipinski definition) is 6. The Balaban J connectivity index is 1.48. The van der Waals surface area contributed by atoms with E-state index in [-0.39, 0.29) is 11.8 Å². The first-order valence-electron chi connectivity index (χ1n) is 8.02. The maximum absolute atomic E-state index is 12.3. The number of piperazine rings is 1. The van der Waals surface area contributed by atoms with Crippen LogP contribution in [0.4, 0.5) is 6.01 Å². The fraction of sp³-hybridized carbons (Fsp3) is 0.562. The van der Waals surface area contributed by atoms with E-state index in [1.165, 1.54) is 4.88 Å². The zero-order valence-electron chi connectivity index (χ0n) is 13.6. The molecule has 0 bridgehead atoms. The third-order valence-corrected chi connectivity index (χ3v) is 4.93. The average Bonchev–Trinajstić information content (AvgIpc) is 3.24. The van der Waals surface area contributed by atoms with E-state index in [4.69, 9.17) is 4.42 Å². The molecule has 0 atom stereocenters. The molecule has 2 aromatic rings. The van der Waals surface area contributed by atoms with Crippen LogP contribution in [-0.2, 0) is 11.2 Å². The number of thiophene rings is 1. The van der Waals surface area contributed by atoms with Gasteiger partial charge in [0.25, 0.3) is 0 Å². The molecule has 3 rings (SSSR count). The third-order valence-electron chi connectivity index (χ3n) is 3.99. The van der Waals surface area contributed by atoms with Gasteiger partial charge in [-0.1, -0.05) is 25.0 Å². The van der Waals surface area contributed by atoms with Gasteiger partial charge in [0, 0.05) is 43.4 Å². The summed E-state index contributed by atoms with van der Waals surface area (Å²) in [5.41, 5.74) is 0. The molecule has 1 aliphatic heterocycles. The van der Waals surface area contributed by atoms with Crippen molar-refractivity contribution in [3.8, 4) is 0 Å². The molecule has 0 saturated carbocycles. The number of amides is 1. The predicted octanol–water partition coefficient (Wildman–Crippen LogP) is 2.54.